The Morgan fingerprint density at radius 3 is 2.40 bits per heavy atom. The van der Waals surface area contributed by atoms with Gasteiger partial charge in [0.15, 0.2) is 0 Å². The summed E-state index contributed by atoms with van der Waals surface area (Å²) in [5, 5.41) is 9.01. The first kappa shape index (κ1) is 10.9. The van der Waals surface area contributed by atoms with E-state index in [0.29, 0.717) is 6.42 Å². The topological polar surface area (TPSA) is 36.3 Å². The van der Waals surface area contributed by atoms with E-state index in [0.717, 1.165) is 26.3 Å². The Kier molecular flexibility index (Phi) is 3.61. The third kappa shape index (κ3) is 2.32. The highest BCUT2D eigenvalue weighted by Crippen LogP contribution is 2.36. The molecule has 0 aromatic heterocycles. The SMILES string of the molecule is N#CCC1(N2CCOCC2)CCCCC1. The van der Waals surface area contributed by atoms with Gasteiger partial charge in [-0.2, -0.15) is 5.26 Å². The fourth-order valence-corrected chi connectivity index (χ4v) is 3.00. The monoisotopic (exact) mass is 208 g/mol. The van der Waals surface area contributed by atoms with Gasteiger partial charge in [0.25, 0.3) is 0 Å². The highest BCUT2D eigenvalue weighted by molar-refractivity contribution is 4.99. The Hall–Kier alpha value is -0.590. The van der Waals surface area contributed by atoms with E-state index in [1.54, 1.807) is 0 Å². The highest BCUT2D eigenvalue weighted by atomic mass is 16.5. The van der Waals surface area contributed by atoms with Gasteiger partial charge in [-0.15, -0.1) is 0 Å². The van der Waals surface area contributed by atoms with Gasteiger partial charge in [0.2, 0.25) is 0 Å². The van der Waals surface area contributed by atoms with Crippen LogP contribution in [-0.2, 0) is 4.74 Å². The van der Waals surface area contributed by atoms with Crippen molar-refractivity contribution in [2.45, 2.75) is 44.1 Å². The molecule has 0 aromatic rings. The number of morpholine rings is 1. The van der Waals surface area contributed by atoms with Crippen LogP contribution < -0.4 is 0 Å². The van der Waals surface area contributed by atoms with E-state index < -0.39 is 0 Å². The molecule has 0 amide bonds. The lowest BCUT2D eigenvalue weighted by Crippen LogP contribution is -2.54. The predicted octanol–water partition coefficient (Wildman–Crippen LogP) is 1.94. The Morgan fingerprint density at radius 1 is 1.13 bits per heavy atom. The molecular formula is C12H20N2O. The van der Waals surface area contributed by atoms with Gasteiger partial charge in [-0.25, -0.2) is 0 Å². The molecule has 3 nitrogen and oxygen atoms in total. The van der Waals surface area contributed by atoms with Crippen molar-refractivity contribution in [1.29, 1.82) is 5.26 Å². The van der Waals surface area contributed by atoms with Crippen LogP contribution in [0.25, 0.3) is 0 Å². The van der Waals surface area contributed by atoms with E-state index in [4.69, 9.17) is 10.00 Å². The molecule has 1 saturated heterocycles. The smallest absolute Gasteiger partial charge is 0.0641 e. The Labute approximate surface area is 92.0 Å². The Morgan fingerprint density at radius 2 is 1.80 bits per heavy atom. The number of nitrogens with zero attached hydrogens (tertiary/aromatic N) is 2. The average molecular weight is 208 g/mol. The Bertz CT molecular complexity index is 234. The largest absolute Gasteiger partial charge is 0.379 e. The first-order chi connectivity index (χ1) is 7.37. The molecule has 2 rings (SSSR count). The van der Waals surface area contributed by atoms with Gasteiger partial charge in [-0.3, -0.25) is 4.90 Å². The summed E-state index contributed by atoms with van der Waals surface area (Å²) in [6, 6.07) is 2.39. The molecular weight excluding hydrogens is 188 g/mol. The van der Waals surface area contributed by atoms with Crippen LogP contribution in [0.3, 0.4) is 0 Å². The van der Waals surface area contributed by atoms with Crippen LogP contribution in [0.4, 0.5) is 0 Å². The minimum atomic E-state index is 0.191. The van der Waals surface area contributed by atoms with Crippen LogP contribution in [0.2, 0.25) is 0 Å². The molecule has 0 unspecified atom stereocenters. The minimum Gasteiger partial charge on any atom is -0.379 e. The summed E-state index contributed by atoms with van der Waals surface area (Å²) in [6.45, 7) is 3.71. The second-order valence-electron chi connectivity index (χ2n) is 4.72. The lowest BCUT2D eigenvalue weighted by molar-refractivity contribution is -0.0355. The zero-order valence-electron chi connectivity index (χ0n) is 9.37. The van der Waals surface area contributed by atoms with Gasteiger partial charge in [0.1, 0.15) is 0 Å². The zero-order chi connectivity index (χ0) is 10.6. The minimum absolute atomic E-state index is 0.191. The molecule has 0 radical (unpaired) electrons. The molecule has 1 aliphatic carbocycles. The summed E-state index contributed by atoms with van der Waals surface area (Å²) in [5.74, 6) is 0. The number of ether oxygens (including phenoxy) is 1. The molecule has 3 heteroatoms. The molecule has 0 N–H and O–H groups in total. The molecule has 0 aromatic carbocycles. The lowest BCUT2D eigenvalue weighted by atomic mass is 9.78. The molecule has 1 heterocycles. The van der Waals surface area contributed by atoms with Gasteiger partial charge in [-0.1, -0.05) is 19.3 Å². The van der Waals surface area contributed by atoms with Gasteiger partial charge in [-0.05, 0) is 12.8 Å². The maximum absolute atomic E-state index is 9.01. The number of hydrogen-bond acceptors (Lipinski definition) is 3. The predicted molar refractivity (Wildman–Crippen MR) is 58.4 cm³/mol. The number of rotatable bonds is 2. The van der Waals surface area contributed by atoms with Crippen molar-refractivity contribution >= 4 is 0 Å². The standard InChI is InChI=1S/C12H20N2O/c13-7-6-12(4-2-1-3-5-12)14-8-10-15-11-9-14/h1-6,8-11H2. The molecule has 2 aliphatic rings. The Balaban J connectivity index is 2.05. The fourth-order valence-electron chi connectivity index (χ4n) is 3.00. The van der Waals surface area contributed by atoms with Crippen LogP contribution in [0, 0.1) is 11.3 Å². The number of nitriles is 1. The van der Waals surface area contributed by atoms with E-state index in [1.807, 2.05) is 0 Å². The van der Waals surface area contributed by atoms with Crippen molar-refractivity contribution in [3.05, 3.63) is 0 Å². The lowest BCUT2D eigenvalue weighted by Gasteiger charge is -2.46. The van der Waals surface area contributed by atoms with Gasteiger partial charge in [0.05, 0.1) is 25.7 Å². The molecule has 84 valence electrons. The van der Waals surface area contributed by atoms with E-state index in [-0.39, 0.29) is 5.54 Å². The van der Waals surface area contributed by atoms with Crippen molar-refractivity contribution in [2.24, 2.45) is 0 Å². The van der Waals surface area contributed by atoms with Crippen LogP contribution in [0.5, 0.6) is 0 Å². The summed E-state index contributed by atoms with van der Waals surface area (Å²) >= 11 is 0. The summed E-state index contributed by atoms with van der Waals surface area (Å²) in [4.78, 5) is 2.51. The van der Waals surface area contributed by atoms with E-state index in [2.05, 4.69) is 11.0 Å². The van der Waals surface area contributed by atoms with Crippen molar-refractivity contribution in [1.82, 2.24) is 4.90 Å². The molecule has 0 spiro atoms. The third-order valence-corrected chi connectivity index (χ3v) is 3.87. The molecule has 0 atom stereocenters. The summed E-state index contributed by atoms with van der Waals surface area (Å²) in [7, 11) is 0. The van der Waals surface area contributed by atoms with Crippen LogP contribution in [0.1, 0.15) is 38.5 Å². The van der Waals surface area contributed by atoms with Crippen molar-refractivity contribution in [2.75, 3.05) is 26.3 Å². The van der Waals surface area contributed by atoms with E-state index in [1.165, 1.54) is 32.1 Å². The molecule has 1 saturated carbocycles. The maximum atomic E-state index is 9.01. The quantitative estimate of drug-likeness (QED) is 0.695. The van der Waals surface area contributed by atoms with E-state index >= 15 is 0 Å². The summed E-state index contributed by atoms with van der Waals surface area (Å²) in [5.41, 5.74) is 0.191. The van der Waals surface area contributed by atoms with Gasteiger partial charge < -0.3 is 4.74 Å². The van der Waals surface area contributed by atoms with Crippen LogP contribution >= 0.6 is 0 Å². The first-order valence-corrected chi connectivity index (χ1v) is 6.07. The average Bonchev–Trinajstić information content (AvgIpc) is 2.32. The molecule has 0 bridgehead atoms. The summed E-state index contributed by atoms with van der Waals surface area (Å²) in [6.07, 6.45) is 7.05. The van der Waals surface area contributed by atoms with Gasteiger partial charge >= 0.3 is 0 Å². The second-order valence-corrected chi connectivity index (χ2v) is 4.72. The second kappa shape index (κ2) is 4.96. The van der Waals surface area contributed by atoms with E-state index in [9.17, 15) is 0 Å². The summed E-state index contributed by atoms with van der Waals surface area (Å²) < 4.78 is 5.39. The molecule has 1 aliphatic heterocycles. The van der Waals surface area contributed by atoms with Crippen molar-refractivity contribution in [3.8, 4) is 6.07 Å². The molecule has 2 fully saturated rings. The highest BCUT2D eigenvalue weighted by Gasteiger charge is 2.38. The van der Waals surface area contributed by atoms with Crippen molar-refractivity contribution in [3.63, 3.8) is 0 Å². The zero-order valence-corrected chi connectivity index (χ0v) is 9.37. The van der Waals surface area contributed by atoms with Crippen molar-refractivity contribution < 1.29 is 4.74 Å². The maximum Gasteiger partial charge on any atom is 0.0641 e. The van der Waals surface area contributed by atoms with Crippen LogP contribution in [-0.4, -0.2) is 36.7 Å². The molecule has 15 heavy (non-hydrogen) atoms. The van der Waals surface area contributed by atoms with Gasteiger partial charge in [0, 0.05) is 18.6 Å². The normalized spacial score (nSPS) is 27.1. The number of hydrogen-bond donors (Lipinski definition) is 0. The third-order valence-electron chi connectivity index (χ3n) is 3.87. The fraction of sp³-hybridized carbons (Fsp3) is 0.917. The first-order valence-electron chi connectivity index (χ1n) is 6.07. The van der Waals surface area contributed by atoms with Crippen LogP contribution in [0.15, 0.2) is 0 Å².